The van der Waals surface area contributed by atoms with Crippen LogP contribution in [0.2, 0.25) is 0 Å². The largest absolute Gasteiger partial charge is 0.497 e. The van der Waals surface area contributed by atoms with E-state index in [-0.39, 0.29) is 6.54 Å². The number of nitrogens with one attached hydrogen (secondary N) is 2. The fourth-order valence-corrected chi connectivity index (χ4v) is 2.77. The predicted octanol–water partition coefficient (Wildman–Crippen LogP) is 1.84. The summed E-state index contributed by atoms with van der Waals surface area (Å²) in [4.78, 5) is 39.5. The van der Waals surface area contributed by atoms with Crippen LogP contribution in [0.4, 0.5) is 0 Å². The zero-order chi connectivity index (χ0) is 20.8. The summed E-state index contributed by atoms with van der Waals surface area (Å²) in [7, 11) is 1.58. The number of aromatic nitrogens is 1. The molecule has 0 saturated carbocycles. The van der Waals surface area contributed by atoms with Crippen LogP contribution in [0.1, 0.15) is 10.4 Å². The molecule has 0 saturated heterocycles. The number of benzene rings is 2. The van der Waals surface area contributed by atoms with E-state index in [1.807, 2.05) is 18.2 Å². The van der Waals surface area contributed by atoms with E-state index in [0.29, 0.717) is 27.9 Å². The van der Waals surface area contributed by atoms with E-state index in [9.17, 15) is 14.4 Å². The molecule has 0 aliphatic rings. The lowest BCUT2D eigenvalue weighted by atomic mass is 10.0. The first-order valence-corrected chi connectivity index (χ1v) is 8.79. The van der Waals surface area contributed by atoms with Crippen LogP contribution in [0.15, 0.2) is 54.6 Å². The summed E-state index contributed by atoms with van der Waals surface area (Å²) in [5, 5.41) is 14.0. The van der Waals surface area contributed by atoms with Gasteiger partial charge >= 0.3 is 5.97 Å². The van der Waals surface area contributed by atoms with Gasteiger partial charge < -0.3 is 20.5 Å². The van der Waals surface area contributed by atoms with Gasteiger partial charge in [-0.1, -0.05) is 18.2 Å². The molecule has 2 aromatic carbocycles. The smallest absolute Gasteiger partial charge is 0.322 e. The average molecular weight is 393 g/mol. The molecule has 3 N–H and O–H groups in total. The van der Waals surface area contributed by atoms with E-state index in [1.54, 1.807) is 43.5 Å². The van der Waals surface area contributed by atoms with Crippen LogP contribution in [0.3, 0.4) is 0 Å². The Kier molecular flexibility index (Phi) is 6.03. The van der Waals surface area contributed by atoms with Gasteiger partial charge in [-0.2, -0.15) is 0 Å². The summed E-state index contributed by atoms with van der Waals surface area (Å²) in [6.07, 6.45) is 0. The Balaban J connectivity index is 1.88. The average Bonchev–Trinajstić information content (AvgIpc) is 2.75. The number of hydrogen-bond acceptors (Lipinski definition) is 5. The Hall–Kier alpha value is -3.94. The molecule has 148 valence electrons. The normalized spacial score (nSPS) is 10.4. The first-order valence-electron chi connectivity index (χ1n) is 8.79. The second-order valence-corrected chi connectivity index (χ2v) is 6.15. The third-order valence-corrected chi connectivity index (χ3v) is 4.19. The standard InChI is InChI=1S/C21H19N3O5/c1-29-14-8-6-13(7-9-14)18-10-16(15-4-2-3-5-17(15)24-18)21(28)23-11-19(25)22-12-20(26)27/h2-10H,11-12H2,1H3,(H,22,25)(H,23,28)(H,26,27). The molecule has 0 radical (unpaired) electrons. The zero-order valence-corrected chi connectivity index (χ0v) is 15.6. The number of carboxylic acid groups (broad SMARTS) is 1. The molecule has 29 heavy (non-hydrogen) atoms. The lowest BCUT2D eigenvalue weighted by Gasteiger charge is -2.11. The van der Waals surface area contributed by atoms with E-state index < -0.39 is 24.3 Å². The Morgan fingerprint density at radius 2 is 1.72 bits per heavy atom. The number of hydrogen-bond donors (Lipinski definition) is 3. The van der Waals surface area contributed by atoms with Crippen LogP contribution in [-0.4, -0.2) is 48.1 Å². The van der Waals surface area contributed by atoms with Crippen molar-refractivity contribution in [2.75, 3.05) is 20.2 Å². The molecule has 0 atom stereocenters. The van der Waals surface area contributed by atoms with E-state index in [0.717, 1.165) is 5.56 Å². The SMILES string of the molecule is COc1ccc(-c2cc(C(=O)NCC(=O)NCC(=O)O)c3ccccc3n2)cc1. The maximum absolute atomic E-state index is 12.7. The van der Waals surface area contributed by atoms with Crippen molar-refractivity contribution in [3.8, 4) is 17.0 Å². The molecule has 1 heterocycles. The van der Waals surface area contributed by atoms with E-state index in [2.05, 4.69) is 15.6 Å². The lowest BCUT2D eigenvalue weighted by Crippen LogP contribution is -2.39. The van der Waals surface area contributed by atoms with Crippen LogP contribution in [-0.2, 0) is 9.59 Å². The molecule has 0 aliphatic carbocycles. The summed E-state index contributed by atoms with van der Waals surface area (Å²) < 4.78 is 5.17. The Labute approximate surface area is 166 Å². The second kappa shape index (κ2) is 8.83. The molecule has 3 aromatic rings. The number of carbonyl (C=O) groups is 3. The molecule has 0 bridgehead atoms. The van der Waals surface area contributed by atoms with Crippen LogP contribution in [0.25, 0.3) is 22.2 Å². The number of nitrogens with zero attached hydrogens (tertiary/aromatic N) is 1. The molecule has 0 aliphatic heterocycles. The first-order chi connectivity index (χ1) is 14.0. The van der Waals surface area contributed by atoms with Crippen molar-refractivity contribution in [2.45, 2.75) is 0 Å². The van der Waals surface area contributed by atoms with Crippen molar-refractivity contribution in [3.63, 3.8) is 0 Å². The van der Waals surface area contributed by atoms with Crippen LogP contribution in [0, 0.1) is 0 Å². The van der Waals surface area contributed by atoms with E-state index in [1.165, 1.54) is 0 Å². The van der Waals surface area contributed by atoms with Crippen molar-refractivity contribution < 1.29 is 24.2 Å². The summed E-state index contributed by atoms with van der Waals surface area (Å²) in [5.74, 6) is -1.49. The number of rotatable bonds is 7. The number of para-hydroxylation sites is 1. The zero-order valence-electron chi connectivity index (χ0n) is 15.6. The number of carboxylic acids is 1. The van der Waals surface area contributed by atoms with Crippen molar-refractivity contribution in [3.05, 3.63) is 60.2 Å². The van der Waals surface area contributed by atoms with Crippen LogP contribution in [0.5, 0.6) is 5.75 Å². The number of aliphatic carboxylic acids is 1. The highest BCUT2D eigenvalue weighted by Gasteiger charge is 2.15. The Morgan fingerprint density at radius 1 is 1.00 bits per heavy atom. The third-order valence-electron chi connectivity index (χ3n) is 4.19. The number of amides is 2. The fourth-order valence-electron chi connectivity index (χ4n) is 2.77. The number of methoxy groups -OCH3 is 1. The number of carbonyl (C=O) groups excluding carboxylic acids is 2. The van der Waals surface area contributed by atoms with Crippen molar-refractivity contribution in [2.24, 2.45) is 0 Å². The monoisotopic (exact) mass is 393 g/mol. The fraction of sp³-hybridized carbons (Fsp3) is 0.143. The minimum absolute atomic E-state index is 0.333. The summed E-state index contributed by atoms with van der Waals surface area (Å²) >= 11 is 0. The van der Waals surface area contributed by atoms with Gasteiger partial charge in [-0.3, -0.25) is 14.4 Å². The minimum atomic E-state index is -1.16. The summed E-state index contributed by atoms with van der Waals surface area (Å²) in [5.41, 5.74) is 2.42. The number of pyridine rings is 1. The van der Waals surface area contributed by atoms with Gasteiger partial charge in [0.25, 0.3) is 5.91 Å². The molecule has 1 aromatic heterocycles. The van der Waals surface area contributed by atoms with Crippen molar-refractivity contribution >= 4 is 28.7 Å². The summed E-state index contributed by atoms with van der Waals surface area (Å²) in [6, 6.07) is 16.2. The Bertz CT molecular complexity index is 1060. The van der Waals surface area contributed by atoms with Crippen LogP contribution < -0.4 is 15.4 Å². The topological polar surface area (TPSA) is 118 Å². The predicted molar refractivity (Wildman–Crippen MR) is 107 cm³/mol. The van der Waals surface area contributed by atoms with E-state index >= 15 is 0 Å². The van der Waals surface area contributed by atoms with Crippen LogP contribution >= 0.6 is 0 Å². The van der Waals surface area contributed by atoms with Crippen molar-refractivity contribution in [1.29, 1.82) is 0 Å². The highest BCUT2D eigenvalue weighted by Crippen LogP contribution is 2.26. The molecular weight excluding hydrogens is 374 g/mol. The maximum atomic E-state index is 12.7. The number of ether oxygens (including phenoxy) is 1. The molecule has 0 fully saturated rings. The molecule has 0 spiro atoms. The molecule has 8 nitrogen and oxygen atoms in total. The highest BCUT2D eigenvalue weighted by atomic mass is 16.5. The molecule has 8 heteroatoms. The van der Waals surface area contributed by atoms with Gasteiger partial charge in [0, 0.05) is 10.9 Å². The van der Waals surface area contributed by atoms with Gasteiger partial charge in [0.1, 0.15) is 12.3 Å². The van der Waals surface area contributed by atoms with Gasteiger partial charge in [0.05, 0.1) is 30.4 Å². The van der Waals surface area contributed by atoms with Gasteiger partial charge in [-0.25, -0.2) is 4.98 Å². The Morgan fingerprint density at radius 3 is 2.41 bits per heavy atom. The lowest BCUT2D eigenvalue weighted by molar-refractivity contribution is -0.137. The highest BCUT2D eigenvalue weighted by molar-refractivity contribution is 6.08. The van der Waals surface area contributed by atoms with Gasteiger partial charge in [0.15, 0.2) is 0 Å². The van der Waals surface area contributed by atoms with Gasteiger partial charge in [0.2, 0.25) is 5.91 Å². The number of fused-ring (bicyclic) bond motifs is 1. The maximum Gasteiger partial charge on any atom is 0.322 e. The molecular formula is C21H19N3O5. The second-order valence-electron chi connectivity index (χ2n) is 6.15. The van der Waals surface area contributed by atoms with Crippen molar-refractivity contribution in [1.82, 2.24) is 15.6 Å². The van der Waals surface area contributed by atoms with E-state index in [4.69, 9.17) is 9.84 Å². The first kappa shape index (κ1) is 19.8. The minimum Gasteiger partial charge on any atom is -0.497 e. The third kappa shape index (κ3) is 4.86. The quantitative estimate of drug-likeness (QED) is 0.564. The molecule has 0 unspecified atom stereocenters. The van der Waals surface area contributed by atoms with Gasteiger partial charge in [-0.05, 0) is 36.4 Å². The van der Waals surface area contributed by atoms with Gasteiger partial charge in [-0.15, -0.1) is 0 Å². The molecule has 2 amide bonds. The summed E-state index contributed by atoms with van der Waals surface area (Å²) in [6.45, 7) is -0.838. The molecule has 3 rings (SSSR count).